The standard InChI is InChI=1S/C22H40NOSi.HI/c1-5-8-18-25(7-3,19-9-6-2)24-17-16-23(4)15-14-21-12-10-11-13-22(21)20-23;/h10-13H,5-9,14-20H2,1-4H3;1H/q+1;/p-1. The molecular weight excluding hydrogens is 449 g/mol. The molecule has 0 N–H and O–H groups in total. The van der Waals surface area contributed by atoms with Crippen molar-refractivity contribution in [3.05, 3.63) is 35.4 Å². The SMILES string of the molecule is CCCC[Si](CC)(CCCC)OCC[N+]1(C)CCc2ccccc2C1.[I-]. The van der Waals surface area contributed by atoms with Crippen molar-refractivity contribution in [2.75, 3.05) is 26.7 Å². The molecule has 4 heteroatoms. The highest BCUT2D eigenvalue weighted by Crippen LogP contribution is 2.28. The van der Waals surface area contributed by atoms with Crippen molar-refractivity contribution in [1.82, 2.24) is 0 Å². The Balaban J connectivity index is 0.00000338. The van der Waals surface area contributed by atoms with Gasteiger partial charge < -0.3 is 32.9 Å². The van der Waals surface area contributed by atoms with Crippen LogP contribution in [0.4, 0.5) is 0 Å². The number of hydrogen-bond donors (Lipinski definition) is 0. The fourth-order valence-electron chi connectivity index (χ4n) is 4.23. The molecule has 1 aromatic rings. The highest BCUT2D eigenvalue weighted by Gasteiger charge is 2.34. The maximum atomic E-state index is 6.76. The van der Waals surface area contributed by atoms with Crippen molar-refractivity contribution in [2.45, 2.75) is 77.6 Å². The minimum Gasteiger partial charge on any atom is -1.00 e. The summed E-state index contributed by atoms with van der Waals surface area (Å²) in [7, 11) is 0.913. The molecule has 2 nitrogen and oxygen atoms in total. The molecule has 0 amide bonds. The summed E-state index contributed by atoms with van der Waals surface area (Å²) in [5.41, 5.74) is 3.11. The van der Waals surface area contributed by atoms with Crippen LogP contribution in [0.1, 0.15) is 57.6 Å². The monoisotopic (exact) mass is 489 g/mol. The van der Waals surface area contributed by atoms with Gasteiger partial charge in [0.2, 0.25) is 0 Å². The van der Waals surface area contributed by atoms with Crippen LogP contribution in [0.5, 0.6) is 0 Å². The number of nitrogens with zero attached hydrogens (tertiary/aromatic N) is 1. The van der Waals surface area contributed by atoms with E-state index in [-0.39, 0.29) is 24.0 Å². The minimum absolute atomic E-state index is 0. The lowest BCUT2D eigenvalue weighted by Gasteiger charge is -2.40. The molecule has 1 aliphatic heterocycles. The van der Waals surface area contributed by atoms with Crippen molar-refractivity contribution >= 4 is 8.32 Å². The van der Waals surface area contributed by atoms with E-state index >= 15 is 0 Å². The lowest BCUT2D eigenvalue weighted by Crippen LogP contribution is -3.00. The average Bonchev–Trinajstić information content (AvgIpc) is 2.63. The third kappa shape index (κ3) is 6.92. The summed E-state index contributed by atoms with van der Waals surface area (Å²) in [4.78, 5) is 0. The molecule has 1 heterocycles. The number of quaternary nitrogens is 1. The molecule has 0 bridgehead atoms. The summed E-state index contributed by atoms with van der Waals surface area (Å²) in [5.74, 6) is 0. The molecule has 0 aliphatic carbocycles. The quantitative estimate of drug-likeness (QED) is 0.264. The van der Waals surface area contributed by atoms with Crippen LogP contribution in [0.3, 0.4) is 0 Å². The summed E-state index contributed by atoms with van der Waals surface area (Å²) in [6.45, 7) is 11.6. The first kappa shape index (κ1) is 24.1. The zero-order valence-corrected chi connectivity index (χ0v) is 20.7. The third-order valence-electron chi connectivity index (χ3n) is 6.25. The van der Waals surface area contributed by atoms with E-state index in [9.17, 15) is 0 Å². The van der Waals surface area contributed by atoms with E-state index in [2.05, 4.69) is 52.1 Å². The highest BCUT2D eigenvalue weighted by atomic mass is 127. The van der Waals surface area contributed by atoms with Crippen LogP contribution in [0.25, 0.3) is 0 Å². The van der Waals surface area contributed by atoms with E-state index < -0.39 is 8.32 Å². The van der Waals surface area contributed by atoms with E-state index in [1.165, 1.54) is 69.9 Å². The highest BCUT2D eigenvalue weighted by molar-refractivity contribution is 6.73. The number of unbranched alkanes of at least 4 members (excludes halogenated alkanes) is 2. The van der Waals surface area contributed by atoms with Crippen LogP contribution in [0, 0.1) is 0 Å². The lowest BCUT2D eigenvalue weighted by atomic mass is 9.98. The zero-order valence-electron chi connectivity index (χ0n) is 17.5. The Morgan fingerprint density at radius 2 is 1.62 bits per heavy atom. The van der Waals surface area contributed by atoms with E-state index in [1.807, 2.05) is 0 Å². The van der Waals surface area contributed by atoms with Gasteiger partial charge in [-0.25, -0.2) is 0 Å². The van der Waals surface area contributed by atoms with Crippen LogP contribution >= 0.6 is 0 Å². The Labute approximate surface area is 180 Å². The molecule has 1 aliphatic rings. The summed E-state index contributed by atoms with van der Waals surface area (Å²) >= 11 is 0. The molecule has 0 aromatic heterocycles. The Morgan fingerprint density at radius 1 is 1.00 bits per heavy atom. The molecule has 150 valence electrons. The second-order valence-corrected chi connectivity index (χ2v) is 12.7. The second kappa shape index (κ2) is 11.8. The number of hydrogen-bond acceptors (Lipinski definition) is 1. The average molecular weight is 490 g/mol. The van der Waals surface area contributed by atoms with Crippen LogP contribution in [0.15, 0.2) is 24.3 Å². The number of rotatable bonds is 11. The largest absolute Gasteiger partial charge is 1.00 e. The molecule has 2 rings (SSSR count). The Kier molecular flexibility index (Phi) is 11.0. The van der Waals surface area contributed by atoms with E-state index in [1.54, 1.807) is 11.1 Å². The van der Waals surface area contributed by atoms with E-state index in [4.69, 9.17) is 4.43 Å². The minimum atomic E-state index is -1.51. The fraction of sp³-hybridized carbons (Fsp3) is 0.727. The first-order chi connectivity index (χ1) is 12.1. The maximum Gasteiger partial charge on any atom is 0.192 e. The van der Waals surface area contributed by atoms with Crippen molar-refractivity contribution in [3.8, 4) is 0 Å². The van der Waals surface area contributed by atoms with Crippen LogP contribution < -0.4 is 24.0 Å². The molecular formula is C22H40INOSi. The number of likely N-dealkylation sites (N-methyl/N-ethyl adjacent to an activating group) is 1. The van der Waals surface area contributed by atoms with Gasteiger partial charge in [-0.2, -0.15) is 0 Å². The first-order valence-corrected chi connectivity index (χ1v) is 13.1. The summed E-state index contributed by atoms with van der Waals surface area (Å²) in [6.07, 6.45) is 6.52. The van der Waals surface area contributed by atoms with E-state index in [0.29, 0.717) is 0 Å². The Hall–Kier alpha value is 0.0869. The van der Waals surface area contributed by atoms with Gasteiger partial charge in [0, 0.05) is 12.0 Å². The number of benzene rings is 1. The molecule has 0 radical (unpaired) electrons. The number of fused-ring (bicyclic) bond motifs is 1. The smallest absolute Gasteiger partial charge is 0.192 e. The predicted molar refractivity (Wildman–Crippen MR) is 111 cm³/mol. The van der Waals surface area contributed by atoms with Gasteiger partial charge in [-0.1, -0.05) is 70.7 Å². The Bertz CT molecular complexity index is 517. The van der Waals surface area contributed by atoms with Crippen LogP contribution in [-0.4, -0.2) is 39.5 Å². The van der Waals surface area contributed by atoms with Gasteiger partial charge in [0.25, 0.3) is 0 Å². The van der Waals surface area contributed by atoms with Crippen molar-refractivity contribution < 1.29 is 32.9 Å². The molecule has 1 unspecified atom stereocenters. The predicted octanol–water partition coefficient (Wildman–Crippen LogP) is 2.78. The molecule has 0 saturated carbocycles. The normalized spacial score (nSPS) is 19.7. The molecule has 0 fully saturated rings. The summed E-state index contributed by atoms with van der Waals surface area (Å²) in [6, 6.07) is 13.0. The fourth-order valence-corrected chi connectivity index (χ4v) is 8.20. The van der Waals surface area contributed by atoms with Crippen molar-refractivity contribution in [2.24, 2.45) is 0 Å². The van der Waals surface area contributed by atoms with Gasteiger partial charge in [-0.15, -0.1) is 0 Å². The van der Waals surface area contributed by atoms with Crippen LogP contribution in [-0.2, 0) is 17.4 Å². The van der Waals surface area contributed by atoms with Crippen molar-refractivity contribution in [1.29, 1.82) is 0 Å². The number of halogens is 1. The summed E-state index contributed by atoms with van der Waals surface area (Å²) in [5, 5.41) is 0. The molecule has 0 spiro atoms. The summed E-state index contributed by atoms with van der Waals surface area (Å²) < 4.78 is 7.91. The lowest BCUT2D eigenvalue weighted by molar-refractivity contribution is -0.924. The van der Waals surface area contributed by atoms with Gasteiger partial charge >= 0.3 is 0 Å². The van der Waals surface area contributed by atoms with Gasteiger partial charge in [-0.3, -0.25) is 0 Å². The van der Waals surface area contributed by atoms with Crippen molar-refractivity contribution in [3.63, 3.8) is 0 Å². The second-order valence-electron chi connectivity index (χ2n) is 8.34. The zero-order chi connectivity index (χ0) is 18.2. The van der Waals surface area contributed by atoms with Crippen LogP contribution in [0.2, 0.25) is 18.1 Å². The first-order valence-electron chi connectivity index (χ1n) is 10.6. The van der Waals surface area contributed by atoms with Gasteiger partial charge in [0.1, 0.15) is 13.1 Å². The van der Waals surface area contributed by atoms with E-state index in [0.717, 1.165) is 11.1 Å². The molecule has 1 aromatic carbocycles. The molecule has 0 saturated heterocycles. The Morgan fingerprint density at radius 3 is 2.19 bits per heavy atom. The topological polar surface area (TPSA) is 9.23 Å². The van der Waals surface area contributed by atoms with Gasteiger partial charge in [-0.05, 0) is 23.7 Å². The van der Waals surface area contributed by atoms with Gasteiger partial charge in [0.05, 0.1) is 20.2 Å². The van der Waals surface area contributed by atoms with Gasteiger partial charge in [0.15, 0.2) is 8.32 Å². The molecule has 26 heavy (non-hydrogen) atoms. The maximum absolute atomic E-state index is 6.76. The molecule has 1 atom stereocenters. The third-order valence-corrected chi connectivity index (χ3v) is 10.9.